The highest BCUT2D eigenvalue weighted by Crippen LogP contribution is 2.31. The zero-order valence-electron chi connectivity index (χ0n) is 9.55. The fourth-order valence-electron chi connectivity index (χ4n) is 2.29. The quantitative estimate of drug-likeness (QED) is 0.879. The standard InChI is InChI=1S/C12H13ClF2N2O/c13-8-5-7(1-2-9(8)14)6-12(15)3-4-17-10(12)11(16)18/h1-2,5,10,17H,3-4,6H2,(H2,16,18)/t10-,12-/m0/s1. The van der Waals surface area contributed by atoms with Crippen molar-refractivity contribution in [3.63, 3.8) is 0 Å². The number of amides is 1. The van der Waals surface area contributed by atoms with E-state index >= 15 is 0 Å². The van der Waals surface area contributed by atoms with Crippen LogP contribution in [0.15, 0.2) is 18.2 Å². The van der Waals surface area contributed by atoms with Gasteiger partial charge in [0.1, 0.15) is 17.5 Å². The van der Waals surface area contributed by atoms with Crippen LogP contribution in [-0.2, 0) is 11.2 Å². The lowest BCUT2D eigenvalue weighted by Gasteiger charge is -2.24. The second-order valence-electron chi connectivity index (χ2n) is 4.50. The Balaban J connectivity index is 2.21. The Morgan fingerprint density at radius 2 is 2.33 bits per heavy atom. The molecule has 0 saturated carbocycles. The van der Waals surface area contributed by atoms with Crippen LogP contribution in [0.4, 0.5) is 8.78 Å². The summed E-state index contributed by atoms with van der Waals surface area (Å²) >= 11 is 5.64. The van der Waals surface area contributed by atoms with Gasteiger partial charge in [0.25, 0.3) is 0 Å². The number of alkyl halides is 1. The van der Waals surface area contributed by atoms with Gasteiger partial charge in [-0.3, -0.25) is 4.79 Å². The second-order valence-corrected chi connectivity index (χ2v) is 4.91. The molecule has 1 amide bonds. The molecule has 0 bridgehead atoms. The van der Waals surface area contributed by atoms with Gasteiger partial charge >= 0.3 is 0 Å². The van der Waals surface area contributed by atoms with E-state index < -0.39 is 23.4 Å². The van der Waals surface area contributed by atoms with Crippen molar-refractivity contribution in [2.75, 3.05) is 6.54 Å². The first-order chi connectivity index (χ1) is 8.42. The average Bonchev–Trinajstić information content (AvgIpc) is 2.66. The van der Waals surface area contributed by atoms with Crippen molar-refractivity contribution in [1.29, 1.82) is 0 Å². The van der Waals surface area contributed by atoms with E-state index in [1.54, 1.807) is 0 Å². The van der Waals surface area contributed by atoms with Crippen LogP contribution in [0.25, 0.3) is 0 Å². The summed E-state index contributed by atoms with van der Waals surface area (Å²) in [7, 11) is 0. The van der Waals surface area contributed by atoms with E-state index in [0.29, 0.717) is 12.1 Å². The molecule has 0 aromatic heterocycles. The fourth-order valence-corrected chi connectivity index (χ4v) is 2.49. The first-order valence-corrected chi connectivity index (χ1v) is 5.96. The number of benzene rings is 1. The molecule has 2 rings (SSSR count). The molecule has 1 aromatic carbocycles. The second kappa shape index (κ2) is 4.82. The summed E-state index contributed by atoms with van der Waals surface area (Å²) < 4.78 is 27.6. The topological polar surface area (TPSA) is 55.1 Å². The van der Waals surface area contributed by atoms with E-state index in [4.69, 9.17) is 17.3 Å². The number of nitrogens with two attached hydrogens (primary N) is 1. The van der Waals surface area contributed by atoms with Gasteiger partial charge in [0.15, 0.2) is 0 Å². The summed E-state index contributed by atoms with van der Waals surface area (Å²) in [6, 6.07) is 3.00. The number of halogens is 3. The fraction of sp³-hybridized carbons (Fsp3) is 0.417. The van der Waals surface area contributed by atoms with Crippen LogP contribution >= 0.6 is 11.6 Å². The number of rotatable bonds is 3. The Kier molecular flexibility index (Phi) is 3.54. The highest BCUT2D eigenvalue weighted by Gasteiger charge is 2.46. The molecule has 1 saturated heterocycles. The monoisotopic (exact) mass is 274 g/mol. The molecule has 18 heavy (non-hydrogen) atoms. The molecule has 0 spiro atoms. The van der Waals surface area contributed by atoms with Gasteiger partial charge in [-0.1, -0.05) is 17.7 Å². The number of carbonyl (C=O) groups is 1. The van der Waals surface area contributed by atoms with Crippen LogP contribution in [0.2, 0.25) is 5.02 Å². The lowest BCUT2D eigenvalue weighted by molar-refractivity contribution is -0.122. The number of carbonyl (C=O) groups excluding carboxylic acids is 1. The van der Waals surface area contributed by atoms with Crippen LogP contribution in [0.5, 0.6) is 0 Å². The first kappa shape index (κ1) is 13.2. The van der Waals surface area contributed by atoms with Crippen molar-refractivity contribution in [3.05, 3.63) is 34.6 Å². The Labute approximate surface area is 108 Å². The van der Waals surface area contributed by atoms with Gasteiger partial charge in [-0.15, -0.1) is 0 Å². The molecule has 1 aliphatic heterocycles. The van der Waals surface area contributed by atoms with Crippen molar-refractivity contribution in [2.45, 2.75) is 24.6 Å². The highest BCUT2D eigenvalue weighted by atomic mass is 35.5. The van der Waals surface area contributed by atoms with Crippen LogP contribution in [0.3, 0.4) is 0 Å². The predicted octanol–water partition coefficient (Wildman–Crippen LogP) is 1.58. The lowest BCUT2D eigenvalue weighted by atomic mass is 9.89. The van der Waals surface area contributed by atoms with Crippen LogP contribution in [0, 0.1) is 5.82 Å². The number of nitrogens with one attached hydrogen (secondary N) is 1. The molecule has 1 aromatic rings. The minimum Gasteiger partial charge on any atom is -0.368 e. The first-order valence-electron chi connectivity index (χ1n) is 5.58. The van der Waals surface area contributed by atoms with Gasteiger partial charge < -0.3 is 11.1 Å². The van der Waals surface area contributed by atoms with Gasteiger partial charge in [-0.2, -0.15) is 0 Å². The molecule has 1 heterocycles. The third kappa shape index (κ3) is 2.47. The molecular weight excluding hydrogens is 262 g/mol. The molecule has 2 atom stereocenters. The van der Waals surface area contributed by atoms with E-state index in [9.17, 15) is 13.6 Å². The smallest absolute Gasteiger partial charge is 0.237 e. The third-order valence-electron chi connectivity index (χ3n) is 3.17. The van der Waals surface area contributed by atoms with Crippen molar-refractivity contribution in [3.8, 4) is 0 Å². The molecule has 0 radical (unpaired) electrons. The van der Waals surface area contributed by atoms with E-state index in [1.807, 2.05) is 0 Å². The average molecular weight is 275 g/mol. The molecule has 0 aliphatic carbocycles. The van der Waals surface area contributed by atoms with Gasteiger partial charge in [0, 0.05) is 6.42 Å². The largest absolute Gasteiger partial charge is 0.368 e. The summed E-state index contributed by atoms with van der Waals surface area (Å²) in [5, 5.41) is 2.68. The maximum absolute atomic E-state index is 14.6. The van der Waals surface area contributed by atoms with E-state index in [0.717, 1.165) is 0 Å². The zero-order valence-corrected chi connectivity index (χ0v) is 10.3. The maximum atomic E-state index is 14.6. The SMILES string of the molecule is NC(=O)[C@@H]1NCC[C@]1(F)Cc1ccc(F)c(Cl)c1. The molecular formula is C12H13ClF2N2O. The molecule has 1 aliphatic rings. The lowest BCUT2D eigenvalue weighted by Crippen LogP contribution is -2.49. The van der Waals surface area contributed by atoms with E-state index in [1.165, 1.54) is 18.2 Å². The van der Waals surface area contributed by atoms with Crippen molar-refractivity contribution in [2.24, 2.45) is 5.73 Å². The maximum Gasteiger partial charge on any atom is 0.237 e. The van der Waals surface area contributed by atoms with Gasteiger partial charge in [-0.25, -0.2) is 8.78 Å². The van der Waals surface area contributed by atoms with Crippen molar-refractivity contribution in [1.82, 2.24) is 5.32 Å². The summed E-state index contributed by atoms with van der Waals surface area (Å²) in [6.07, 6.45) is 0.170. The molecule has 3 nitrogen and oxygen atoms in total. The minimum absolute atomic E-state index is 0.0202. The van der Waals surface area contributed by atoms with Crippen LogP contribution < -0.4 is 11.1 Å². The summed E-state index contributed by atoms with van der Waals surface area (Å²) in [6.45, 7) is 0.388. The summed E-state index contributed by atoms with van der Waals surface area (Å²) in [5.41, 5.74) is 3.95. The zero-order chi connectivity index (χ0) is 13.3. The molecule has 3 N–H and O–H groups in total. The van der Waals surface area contributed by atoms with Crippen molar-refractivity contribution >= 4 is 17.5 Å². The third-order valence-corrected chi connectivity index (χ3v) is 3.46. The van der Waals surface area contributed by atoms with Crippen molar-refractivity contribution < 1.29 is 13.6 Å². The van der Waals surface area contributed by atoms with Gasteiger partial charge in [0.2, 0.25) is 5.91 Å². The summed E-state index contributed by atoms with van der Waals surface area (Å²) in [4.78, 5) is 11.2. The normalized spacial score (nSPS) is 27.4. The van der Waals surface area contributed by atoms with Crippen LogP contribution in [0.1, 0.15) is 12.0 Å². The Morgan fingerprint density at radius 3 is 2.94 bits per heavy atom. The Hall–Kier alpha value is -1.20. The number of hydrogen-bond acceptors (Lipinski definition) is 2. The molecule has 0 unspecified atom stereocenters. The van der Waals surface area contributed by atoms with E-state index in [2.05, 4.69) is 5.32 Å². The predicted molar refractivity (Wildman–Crippen MR) is 64.6 cm³/mol. The number of hydrogen-bond donors (Lipinski definition) is 2. The molecule has 98 valence electrons. The number of primary amides is 1. The van der Waals surface area contributed by atoms with Gasteiger partial charge in [-0.05, 0) is 30.7 Å². The van der Waals surface area contributed by atoms with E-state index in [-0.39, 0.29) is 17.9 Å². The Morgan fingerprint density at radius 1 is 1.61 bits per heavy atom. The highest BCUT2D eigenvalue weighted by molar-refractivity contribution is 6.30. The molecule has 1 fully saturated rings. The van der Waals surface area contributed by atoms with Gasteiger partial charge in [0.05, 0.1) is 5.02 Å². The molecule has 6 heteroatoms. The van der Waals surface area contributed by atoms with Crippen LogP contribution in [-0.4, -0.2) is 24.2 Å². The Bertz CT molecular complexity index is 483. The minimum atomic E-state index is -1.74. The summed E-state index contributed by atoms with van der Waals surface area (Å²) in [5.74, 6) is -1.27.